The highest BCUT2D eigenvalue weighted by atomic mass is 32.2. The average molecular weight is 434 g/mol. The summed E-state index contributed by atoms with van der Waals surface area (Å²) in [7, 11) is -2.91. The van der Waals surface area contributed by atoms with Gasteiger partial charge in [0.15, 0.2) is 11.8 Å². The molecule has 2 heterocycles. The number of nitrogens with one attached hydrogen (secondary N) is 3. The van der Waals surface area contributed by atoms with Crippen molar-refractivity contribution in [2.24, 2.45) is 4.99 Å². The lowest BCUT2D eigenvalue weighted by Crippen LogP contribution is -2.49. The SMILES string of the molecule is CCNC(=NCc1cccc(-c2ncn[nH]2)c1)NC1CCN(CCS(C)(=O)=O)CC1. The molecule has 2 aromatic rings. The van der Waals surface area contributed by atoms with E-state index < -0.39 is 9.84 Å². The minimum absolute atomic E-state index is 0.225. The predicted octanol–water partition coefficient (Wildman–Crippen LogP) is 1.04. The number of piperidine rings is 1. The van der Waals surface area contributed by atoms with Crippen LogP contribution in [0, 0.1) is 0 Å². The minimum Gasteiger partial charge on any atom is -0.357 e. The van der Waals surface area contributed by atoms with Crippen LogP contribution in [0.3, 0.4) is 0 Å². The average Bonchev–Trinajstić information content (AvgIpc) is 3.26. The Hall–Kier alpha value is -2.46. The Morgan fingerprint density at radius 2 is 2.13 bits per heavy atom. The molecule has 1 aromatic heterocycles. The largest absolute Gasteiger partial charge is 0.357 e. The molecule has 1 aliphatic heterocycles. The van der Waals surface area contributed by atoms with Crippen molar-refractivity contribution in [3.8, 4) is 11.4 Å². The van der Waals surface area contributed by atoms with Gasteiger partial charge in [0, 0.05) is 44.0 Å². The van der Waals surface area contributed by atoms with Crippen molar-refractivity contribution < 1.29 is 8.42 Å². The van der Waals surface area contributed by atoms with Crippen molar-refractivity contribution in [3.05, 3.63) is 36.2 Å². The normalized spacial score (nSPS) is 16.5. The first-order chi connectivity index (χ1) is 14.4. The summed E-state index contributed by atoms with van der Waals surface area (Å²) < 4.78 is 22.7. The first-order valence-electron chi connectivity index (χ1n) is 10.3. The van der Waals surface area contributed by atoms with E-state index in [1.807, 2.05) is 18.2 Å². The quantitative estimate of drug-likeness (QED) is 0.421. The zero-order valence-electron chi connectivity index (χ0n) is 17.6. The van der Waals surface area contributed by atoms with Gasteiger partial charge < -0.3 is 15.5 Å². The number of benzene rings is 1. The molecular weight excluding hydrogens is 402 g/mol. The molecule has 0 atom stereocenters. The van der Waals surface area contributed by atoms with Crippen LogP contribution >= 0.6 is 0 Å². The third-order valence-corrected chi connectivity index (χ3v) is 6.01. The van der Waals surface area contributed by atoms with E-state index in [9.17, 15) is 8.42 Å². The fourth-order valence-electron chi connectivity index (χ4n) is 3.44. The van der Waals surface area contributed by atoms with E-state index in [0.717, 1.165) is 55.4 Å². The first-order valence-corrected chi connectivity index (χ1v) is 12.4. The number of hydrogen-bond acceptors (Lipinski definition) is 6. The van der Waals surface area contributed by atoms with Gasteiger partial charge in [-0.15, -0.1) is 0 Å². The molecule has 3 rings (SSSR count). The van der Waals surface area contributed by atoms with E-state index in [2.05, 4.69) is 43.7 Å². The number of aromatic amines is 1. The highest BCUT2D eigenvalue weighted by molar-refractivity contribution is 7.90. The van der Waals surface area contributed by atoms with Crippen LogP contribution in [-0.2, 0) is 16.4 Å². The summed E-state index contributed by atoms with van der Waals surface area (Å²) in [6, 6.07) is 8.43. The van der Waals surface area contributed by atoms with Gasteiger partial charge in [-0.1, -0.05) is 18.2 Å². The lowest BCUT2D eigenvalue weighted by atomic mass is 10.1. The number of H-pyrrole nitrogens is 1. The summed E-state index contributed by atoms with van der Waals surface area (Å²) in [5.41, 5.74) is 2.08. The molecule has 1 fully saturated rings. The highest BCUT2D eigenvalue weighted by Crippen LogP contribution is 2.16. The van der Waals surface area contributed by atoms with Gasteiger partial charge in [-0.3, -0.25) is 5.10 Å². The molecule has 1 saturated heterocycles. The number of hydrogen-bond donors (Lipinski definition) is 3. The smallest absolute Gasteiger partial charge is 0.191 e. The van der Waals surface area contributed by atoms with Crippen LogP contribution in [0.1, 0.15) is 25.3 Å². The number of sulfone groups is 1. The van der Waals surface area contributed by atoms with Crippen molar-refractivity contribution in [2.75, 3.05) is 38.2 Å². The lowest BCUT2D eigenvalue weighted by molar-refractivity contribution is 0.216. The molecule has 3 N–H and O–H groups in total. The second kappa shape index (κ2) is 10.5. The fourth-order valence-corrected chi connectivity index (χ4v) is 4.03. The molecule has 0 saturated carbocycles. The second-order valence-corrected chi connectivity index (χ2v) is 9.88. The Balaban J connectivity index is 1.54. The van der Waals surface area contributed by atoms with Crippen molar-refractivity contribution in [3.63, 3.8) is 0 Å². The maximum Gasteiger partial charge on any atom is 0.191 e. The maximum atomic E-state index is 11.4. The van der Waals surface area contributed by atoms with Crippen LogP contribution in [0.15, 0.2) is 35.6 Å². The topological polar surface area (TPSA) is 115 Å². The Labute approximate surface area is 178 Å². The fraction of sp³-hybridized carbons (Fsp3) is 0.550. The zero-order chi connectivity index (χ0) is 21.4. The summed E-state index contributed by atoms with van der Waals surface area (Å²) in [5, 5.41) is 13.6. The van der Waals surface area contributed by atoms with E-state index in [1.54, 1.807) is 0 Å². The standard InChI is InChI=1S/C20H31N7O2S/c1-3-21-20(25-18-7-9-27(10-8-18)11-12-30(2,28)29)22-14-16-5-4-6-17(13-16)19-23-15-24-26-19/h4-6,13,15,18H,3,7-12,14H2,1-2H3,(H2,21,22,25)(H,23,24,26). The Morgan fingerprint density at radius 1 is 1.33 bits per heavy atom. The Bertz CT molecular complexity index is 920. The van der Waals surface area contributed by atoms with Gasteiger partial charge in [-0.05, 0) is 31.4 Å². The third-order valence-electron chi connectivity index (χ3n) is 5.09. The highest BCUT2D eigenvalue weighted by Gasteiger charge is 2.20. The maximum absolute atomic E-state index is 11.4. The van der Waals surface area contributed by atoms with Gasteiger partial charge in [0.25, 0.3) is 0 Å². The van der Waals surface area contributed by atoms with Gasteiger partial charge in [-0.25, -0.2) is 18.4 Å². The van der Waals surface area contributed by atoms with Gasteiger partial charge in [-0.2, -0.15) is 5.10 Å². The second-order valence-electron chi connectivity index (χ2n) is 7.62. The van der Waals surface area contributed by atoms with E-state index in [0.29, 0.717) is 19.1 Å². The van der Waals surface area contributed by atoms with E-state index in [-0.39, 0.29) is 5.75 Å². The Kier molecular flexibility index (Phi) is 7.81. The number of aromatic nitrogens is 3. The van der Waals surface area contributed by atoms with Crippen molar-refractivity contribution in [2.45, 2.75) is 32.4 Å². The van der Waals surface area contributed by atoms with E-state index >= 15 is 0 Å². The minimum atomic E-state index is -2.91. The monoisotopic (exact) mass is 433 g/mol. The molecule has 1 aliphatic rings. The number of guanidine groups is 1. The molecule has 164 valence electrons. The number of nitrogens with zero attached hydrogens (tertiary/aromatic N) is 4. The van der Waals surface area contributed by atoms with Crippen LogP contribution in [0.5, 0.6) is 0 Å². The van der Waals surface area contributed by atoms with Crippen molar-refractivity contribution >= 4 is 15.8 Å². The zero-order valence-corrected chi connectivity index (χ0v) is 18.5. The number of rotatable bonds is 8. The van der Waals surface area contributed by atoms with Crippen LogP contribution in [0.4, 0.5) is 0 Å². The molecule has 9 nitrogen and oxygen atoms in total. The van der Waals surface area contributed by atoms with Gasteiger partial charge in [0.1, 0.15) is 16.2 Å². The molecule has 1 aromatic carbocycles. The molecule has 0 unspecified atom stereocenters. The molecule has 30 heavy (non-hydrogen) atoms. The summed E-state index contributed by atoms with van der Waals surface area (Å²) in [4.78, 5) is 11.2. The third kappa shape index (κ3) is 7.10. The predicted molar refractivity (Wildman–Crippen MR) is 119 cm³/mol. The number of aliphatic imine (C=N–C) groups is 1. The van der Waals surface area contributed by atoms with Crippen LogP contribution < -0.4 is 10.6 Å². The first kappa shape index (κ1) is 22.2. The van der Waals surface area contributed by atoms with Gasteiger partial charge in [0.05, 0.1) is 12.3 Å². The summed E-state index contributed by atoms with van der Waals surface area (Å²) in [6.07, 6.45) is 4.73. The summed E-state index contributed by atoms with van der Waals surface area (Å²) in [6.45, 7) is 5.80. The lowest BCUT2D eigenvalue weighted by Gasteiger charge is -2.32. The van der Waals surface area contributed by atoms with Gasteiger partial charge >= 0.3 is 0 Å². The summed E-state index contributed by atoms with van der Waals surface area (Å²) in [5.74, 6) is 1.77. The van der Waals surface area contributed by atoms with Crippen LogP contribution in [0.25, 0.3) is 11.4 Å². The molecule has 0 bridgehead atoms. The molecule has 0 radical (unpaired) electrons. The van der Waals surface area contributed by atoms with Crippen LogP contribution in [0.2, 0.25) is 0 Å². The number of likely N-dealkylation sites (tertiary alicyclic amines) is 1. The van der Waals surface area contributed by atoms with Gasteiger partial charge in [0.2, 0.25) is 0 Å². The van der Waals surface area contributed by atoms with E-state index in [4.69, 9.17) is 4.99 Å². The van der Waals surface area contributed by atoms with E-state index in [1.165, 1.54) is 12.6 Å². The molecule has 10 heteroatoms. The molecule has 0 spiro atoms. The molecule has 0 aliphatic carbocycles. The van der Waals surface area contributed by atoms with Crippen molar-refractivity contribution in [1.82, 2.24) is 30.7 Å². The molecule has 0 amide bonds. The molecular formula is C20H31N7O2S. The summed E-state index contributed by atoms with van der Waals surface area (Å²) >= 11 is 0. The Morgan fingerprint density at radius 3 is 2.80 bits per heavy atom. The van der Waals surface area contributed by atoms with Crippen molar-refractivity contribution in [1.29, 1.82) is 0 Å². The van der Waals surface area contributed by atoms with Crippen LogP contribution in [-0.4, -0.2) is 78.7 Å².